The van der Waals surface area contributed by atoms with E-state index < -0.39 is 48.7 Å². The summed E-state index contributed by atoms with van der Waals surface area (Å²) in [6, 6.07) is 44.6. The zero-order chi connectivity index (χ0) is 37.2. The maximum atomic E-state index is 11.3. The quantitative estimate of drug-likeness (QED) is 0.0991. The molecule has 5 aromatic carbocycles. The lowest BCUT2D eigenvalue weighted by Gasteiger charge is -2.37. The van der Waals surface area contributed by atoms with Crippen molar-refractivity contribution in [3.05, 3.63) is 156 Å². The van der Waals surface area contributed by atoms with Crippen molar-refractivity contribution in [3.63, 3.8) is 0 Å². The monoisotopic (exact) mass is 734 g/mol. The molecule has 0 saturated carbocycles. The first kappa shape index (κ1) is 38.3. The molecule has 0 amide bonds. The number of hydrogen-bond donors (Lipinski definition) is 1. The molecule has 1 N–H and O–H groups in total. The second kappa shape index (κ2) is 18.6. The van der Waals surface area contributed by atoms with Crippen LogP contribution in [0.2, 0.25) is 0 Å². The van der Waals surface area contributed by atoms with Crippen LogP contribution < -0.4 is 0 Å². The first-order valence-corrected chi connectivity index (χ1v) is 18.7. The van der Waals surface area contributed by atoms with Crippen molar-refractivity contribution in [2.45, 2.75) is 89.0 Å². The number of fused-ring (bicyclic) bond motifs is 2. The third-order valence-corrected chi connectivity index (χ3v) is 9.73. The van der Waals surface area contributed by atoms with Crippen molar-refractivity contribution in [2.75, 3.05) is 19.8 Å². The van der Waals surface area contributed by atoms with Gasteiger partial charge < -0.3 is 43.0 Å². The Labute approximate surface area is 317 Å². The number of aliphatic hydroxyl groups excluding tert-OH is 1. The molecule has 9 nitrogen and oxygen atoms in total. The average Bonchev–Trinajstić information content (AvgIpc) is 3.51. The van der Waals surface area contributed by atoms with Gasteiger partial charge in [-0.25, -0.2) is 0 Å². The largest absolute Gasteiger partial charge is 0.385 e. The number of aliphatic hydroxyl groups is 1. The SMILES string of the molecule is CC1(C)OCC2OC(OCC(OCc3ccccc3)C(OCc3ccccc3)C(COCc3ccc4ccccc4c3)OCc3ccccc3)C(O)C2O1. The van der Waals surface area contributed by atoms with Gasteiger partial charge in [0, 0.05) is 0 Å². The molecule has 0 aliphatic carbocycles. The highest BCUT2D eigenvalue weighted by molar-refractivity contribution is 5.82. The maximum Gasteiger partial charge on any atom is 0.186 e. The molecule has 2 saturated heterocycles. The van der Waals surface area contributed by atoms with Gasteiger partial charge >= 0.3 is 0 Å². The topological polar surface area (TPSA) is 94.1 Å². The number of rotatable bonds is 18. The van der Waals surface area contributed by atoms with Crippen LogP contribution in [0.1, 0.15) is 36.1 Å². The molecule has 54 heavy (non-hydrogen) atoms. The average molecular weight is 735 g/mol. The number of ether oxygens (including phenoxy) is 8. The van der Waals surface area contributed by atoms with E-state index in [1.807, 2.05) is 117 Å². The minimum Gasteiger partial charge on any atom is -0.385 e. The first-order chi connectivity index (χ1) is 26.4. The van der Waals surface area contributed by atoms with Gasteiger partial charge in [0.05, 0.1) is 46.2 Å². The summed E-state index contributed by atoms with van der Waals surface area (Å²) in [4.78, 5) is 0. The van der Waals surface area contributed by atoms with Crippen LogP contribution in [0.15, 0.2) is 133 Å². The lowest BCUT2D eigenvalue weighted by molar-refractivity contribution is -0.300. The summed E-state index contributed by atoms with van der Waals surface area (Å²) < 4.78 is 51.0. The highest BCUT2D eigenvalue weighted by Crippen LogP contribution is 2.34. The molecule has 2 fully saturated rings. The van der Waals surface area contributed by atoms with E-state index in [0.717, 1.165) is 27.6 Å². The second-order valence-corrected chi connectivity index (χ2v) is 14.3. The molecule has 9 heteroatoms. The Kier molecular flexibility index (Phi) is 13.2. The van der Waals surface area contributed by atoms with E-state index in [1.165, 1.54) is 5.39 Å². The Morgan fingerprint density at radius 3 is 1.81 bits per heavy atom. The van der Waals surface area contributed by atoms with E-state index in [4.69, 9.17) is 37.9 Å². The van der Waals surface area contributed by atoms with Gasteiger partial charge in [-0.1, -0.05) is 127 Å². The summed E-state index contributed by atoms with van der Waals surface area (Å²) in [5, 5.41) is 13.6. The highest BCUT2D eigenvalue weighted by atomic mass is 16.8. The Morgan fingerprint density at radius 2 is 1.19 bits per heavy atom. The Hall–Kier alpha value is -4.00. The van der Waals surface area contributed by atoms with Gasteiger partial charge in [-0.2, -0.15) is 0 Å². The second-order valence-electron chi connectivity index (χ2n) is 14.3. The third kappa shape index (κ3) is 10.4. The van der Waals surface area contributed by atoms with Crippen LogP contribution in [0.3, 0.4) is 0 Å². The Balaban J connectivity index is 1.14. The molecule has 2 aliphatic rings. The fraction of sp³-hybridized carbons (Fsp3) is 0.378. The number of hydrogen-bond acceptors (Lipinski definition) is 9. The van der Waals surface area contributed by atoms with E-state index in [9.17, 15) is 5.11 Å². The molecule has 2 aliphatic heterocycles. The lowest BCUT2D eigenvalue weighted by atomic mass is 10.1. The van der Waals surface area contributed by atoms with Crippen LogP contribution in [0, 0.1) is 0 Å². The smallest absolute Gasteiger partial charge is 0.186 e. The zero-order valence-electron chi connectivity index (χ0n) is 30.9. The Bertz CT molecular complexity index is 1860. The van der Waals surface area contributed by atoms with Crippen molar-refractivity contribution in [1.82, 2.24) is 0 Å². The van der Waals surface area contributed by atoms with Gasteiger partial charge in [-0.3, -0.25) is 0 Å². The lowest BCUT2D eigenvalue weighted by Crippen LogP contribution is -2.50. The van der Waals surface area contributed by atoms with Crippen molar-refractivity contribution < 1.29 is 43.0 Å². The Morgan fingerprint density at radius 1 is 0.630 bits per heavy atom. The van der Waals surface area contributed by atoms with Crippen molar-refractivity contribution >= 4 is 10.8 Å². The number of benzene rings is 5. The minimum atomic E-state index is -1.02. The van der Waals surface area contributed by atoms with Crippen LogP contribution in [-0.4, -0.2) is 73.6 Å². The van der Waals surface area contributed by atoms with Gasteiger partial charge in [-0.05, 0) is 52.9 Å². The fourth-order valence-corrected chi connectivity index (χ4v) is 6.83. The summed E-state index contributed by atoms with van der Waals surface area (Å²) in [6.07, 6.45) is -4.92. The molecule has 7 unspecified atom stereocenters. The van der Waals surface area contributed by atoms with Gasteiger partial charge in [0.2, 0.25) is 0 Å². The fourth-order valence-electron chi connectivity index (χ4n) is 6.83. The molecule has 0 spiro atoms. The predicted octanol–water partition coefficient (Wildman–Crippen LogP) is 7.37. The van der Waals surface area contributed by atoms with Crippen LogP contribution in [0.5, 0.6) is 0 Å². The van der Waals surface area contributed by atoms with Crippen LogP contribution in [0.4, 0.5) is 0 Å². The molecular formula is C45H50O9. The predicted molar refractivity (Wildman–Crippen MR) is 204 cm³/mol. The molecule has 5 aromatic rings. The maximum absolute atomic E-state index is 11.3. The van der Waals surface area contributed by atoms with Gasteiger partial charge in [0.25, 0.3) is 0 Å². The molecule has 284 valence electrons. The molecule has 0 radical (unpaired) electrons. The van der Waals surface area contributed by atoms with Gasteiger partial charge in [0.1, 0.15) is 36.6 Å². The molecule has 7 atom stereocenters. The van der Waals surface area contributed by atoms with Crippen LogP contribution >= 0.6 is 0 Å². The van der Waals surface area contributed by atoms with Crippen LogP contribution in [0.25, 0.3) is 10.8 Å². The van der Waals surface area contributed by atoms with Crippen molar-refractivity contribution in [2.24, 2.45) is 0 Å². The first-order valence-electron chi connectivity index (χ1n) is 18.7. The van der Waals surface area contributed by atoms with Gasteiger partial charge in [-0.15, -0.1) is 0 Å². The van der Waals surface area contributed by atoms with E-state index in [2.05, 4.69) is 30.3 Å². The van der Waals surface area contributed by atoms with Crippen molar-refractivity contribution in [3.8, 4) is 0 Å². The zero-order valence-corrected chi connectivity index (χ0v) is 30.9. The summed E-state index contributed by atoms with van der Waals surface area (Å²) >= 11 is 0. The standard InChI is InChI=1S/C45H50O9/c1-45(2)52-31-40-43(54-45)41(46)44(53-40)51-30-39(49-27-33-16-8-4-9-17-33)42(50-28-34-18-10-5-11-19-34)38(48-26-32-14-6-3-7-15-32)29-47-25-35-22-23-36-20-12-13-21-37(36)24-35/h3-24,38-44,46H,25-31H2,1-2H3. The van der Waals surface area contributed by atoms with Crippen LogP contribution in [-0.2, 0) is 64.3 Å². The van der Waals surface area contributed by atoms with E-state index in [0.29, 0.717) is 26.4 Å². The summed E-state index contributed by atoms with van der Waals surface area (Å²) in [6.45, 7) is 5.52. The third-order valence-electron chi connectivity index (χ3n) is 9.73. The summed E-state index contributed by atoms with van der Waals surface area (Å²) in [5.74, 6) is -0.839. The molecule has 2 heterocycles. The summed E-state index contributed by atoms with van der Waals surface area (Å²) in [7, 11) is 0. The minimum absolute atomic E-state index is 0.0353. The van der Waals surface area contributed by atoms with Gasteiger partial charge in [0.15, 0.2) is 12.1 Å². The molecule has 0 bridgehead atoms. The summed E-state index contributed by atoms with van der Waals surface area (Å²) in [5.41, 5.74) is 4.07. The van der Waals surface area contributed by atoms with E-state index in [-0.39, 0.29) is 19.8 Å². The normalized spacial score (nSPS) is 22.4. The molecule has 7 rings (SSSR count). The highest BCUT2D eigenvalue weighted by Gasteiger charge is 2.51. The molecular weight excluding hydrogens is 684 g/mol. The van der Waals surface area contributed by atoms with Crippen molar-refractivity contribution in [1.29, 1.82) is 0 Å². The van der Waals surface area contributed by atoms with E-state index >= 15 is 0 Å². The molecule has 0 aromatic heterocycles. The van der Waals surface area contributed by atoms with E-state index in [1.54, 1.807) is 0 Å².